The van der Waals surface area contributed by atoms with Crippen molar-refractivity contribution in [2.45, 2.75) is 31.2 Å². The van der Waals surface area contributed by atoms with Crippen LogP contribution in [0.5, 0.6) is 5.75 Å². The first-order chi connectivity index (χ1) is 11.7. The molecule has 1 N–H and O–H groups in total. The van der Waals surface area contributed by atoms with Gasteiger partial charge in [-0.15, -0.1) is 16.7 Å². The summed E-state index contributed by atoms with van der Waals surface area (Å²) in [5.74, 6) is 1.70. The second-order valence-corrected chi connectivity index (χ2v) is 7.48. The number of benzene rings is 1. The summed E-state index contributed by atoms with van der Waals surface area (Å²) in [5, 5.41) is 17.8. The molecule has 1 aliphatic heterocycles. The monoisotopic (exact) mass is 410 g/mol. The molecule has 2 aromatic rings. The maximum absolute atomic E-state index is 9.48. The van der Waals surface area contributed by atoms with Crippen LogP contribution in [0.3, 0.4) is 0 Å². The van der Waals surface area contributed by atoms with Gasteiger partial charge in [-0.1, -0.05) is 5.21 Å². The second kappa shape index (κ2) is 6.46. The third-order valence-electron chi connectivity index (χ3n) is 4.21. The predicted octanol–water partition coefficient (Wildman–Crippen LogP) is 3.27. The Labute approximate surface area is 152 Å². The first kappa shape index (κ1) is 16.1. The molecule has 1 fully saturated rings. The first-order valence-electron chi connectivity index (χ1n) is 7.86. The molecule has 6 nitrogen and oxygen atoms in total. The van der Waals surface area contributed by atoms with Crippen molar-refractivity contribution in [3.63, 3.8) is 0 Å². The largest absolute Gasteiger partial charge is 0.438 e. The van der Waals surface area contributed by atoms with Gasteiger partial charge in [0.05, 0.1) is 22.0 Å². The highest BCUT2D eigenvalue weighted by molar-refractivity contribution is 9.10. The molecule has 1 atom stereocenters. The van der Waals surface area contributed by atoms with Crippen molar-refractivity contribution >= 4 is 44.8 Å². The third-order valence-corrected chi connectivity index (χ3v) is 5.25. The van der Waals surface area contributed by atoms with Crippen LogP contribution < -0.4 is 4.74 Å². The van der Waals surface area contributed by atoms with E-state index in [0.717, 1.165) is 28.0 Å². The summed E-state index contributed by atoms with van der Waals surface area (Å²) < 4.78 is 8.56. The van der Waals surface area contributed by atoms with E-state index in [2.05, 4.69) is 31.2 Å². The Kier molecular flexibility index (Phi) is 4.32. The zero-order valence-electron chi connectivity index (χ0n) is 12.8. The van der Waals surface area contributed by atoms with Crippen LogP contribution in [0.2, 0.25) is 0 Å². The molecule has 0 bridgehead atoms. The van der Waals surface area contributed by atoms with Gasteiger partial charge in [0.1, 0.15) is 11.3 Å². The SMILES string of the molecule is OCC1=C(Oc2ccc3c(nnn3CC3CC3)c2Br)N=CC(Cl)C1. The van der Waals surface area contributed by atoms with Gasteiger partial charge < -0.3 is 9.84 Å². The van der Waals surface area contributed by atoms with E-state index in [1.165, 1.54) is 12.8 Å². The van der Waals surface area contributed by atoms with Gasteiger partial charge in [-0.2, -0.15) is 0 Å². The zero-order chi connectivity index (χ0) is 16.7. The first-order valence-corrected chi connectivity index (χ1v) is 9.09. The molecule has 0 spiro atoms. The van der Waals surface area contributed by atoms with Crippen LogP contribution in [0.4, 0.5) is 0 Å². The average Bonchev–Trinajstić information content (AvgIpc) is 3.30. The number of aliphatic imine (C=N–C) groups is 1. The summed E-state index contributed by atoms with van der Waals surface area (Å²) >= 11 is 9.59. The lowest BCUT2D eigenvalue weighted by atomic mass is 10.1. The summed E-state index contributed by atoms with van der Waals surface area (Å²) in [6.45, 7) is 0.775. The van der Waals surface area contributed by atoms with Gasteiger partial charge in [-0.3, -0.25) is 0 Å². The van der Waals surface area contributed by atoms with Gasteiger partial charge >= 0.3 is 0 Å². The van der Waals surface area contributed by atoms with E-state index in [0.29, 0.717) is 23.6 Å². The lowest BCUT2D eigenvalue weighted by Gasteiger charge is -2.17. The van der Waals surface area contributed by atoms with E-state index in [4.69, 9.17) is 16.3 Å². The topological polar surface area (TPSA) is 72.5 Å². The lowest BCUT2D eigenvalue weighted by Crippen LogP contribution is -2.14. The molecule has 24 heavy (non-hydrogen) atoms. The van der Waals surface area contributed by atoms with E-state index < -0.39 is 0 Å². The molecule has 4 rings (SSSR count). The number of aliphatic hydroxyl groups is 1. The molecule has 1 aliphatic carbocycles. The number of halogens is 2. The van der Waals surface area contributed by atoms with Crippen LogP contribution in [0.1, 0.15) is 19.3 Å². The smallest absolute Gasteiger partial charge is 0.220 e. The Morgan fingerprint density at radius 2 is 2.21 bits per heavy atom. The Balaban J connectivity index is 1.65. The van der Waals surface area contributed by atoms with Crippen LogP contribution in [0.15, 0.2) is 33.1 Å². The van der Waals surface area contributed by atoms with Gasteiger partial charge in [0.25, 0.3) is 0 Å². The highest BCUT2D eigenvalue weighted by Gasteiger charge is 2.24. The number of alkyl halides is 1. The van der Waals surface area contributed by atoms with Crippen LogP contribution >= 0.6 is 27.5 Å². The standard InChI is InChI=1S/C16H16BrClN4O2/c17-14-13(24-16-10(8-23)5-11(18)6-19-16)4-3-12-15(14)20-21-22(12)7-9-1-2-9/h3-4,6,9,11,23H,1-2,5,7-8H2. The molecule has 1 saturated carbocycles. The number of hydrogen-bond donors (Lipinski definition) is 1. The zero-order valence-corrected chi connectivity index (χ0v) is 15.2. The number of nitrogens with zero attached hydrogens (tertiary/aromatic N) is 4. The molecule has 0 radical (unpaired) electrons. The molecule has 0 saturated heterocycles. The number of aliphatic hydroxyl groups excluding tert-OH is 1. The maximum atomic E-state index is 9.48. The quantitative estimate of drug-likeness (QED) is 0.767. The van der Waals surface area contributed by atoms with E-state index in [9.17, 15) is 5.11 Å². The van der Waals surface area contributed by atoms with Crippen molar-refractivity contribution in [2.24, 2.45) is 10.9 Å². The minimum absolute atomic E-state index is 0.132. The van der Waals surface area contributed by atoms with Crippen LogP contribution in [0, 0.1) is 5.92 Å². The summed E-state index contributed by atoms with van der Waals surface area (Å²) in [4.78, 5) is 4.21. The van der Waals surface area contributed by atoms with Crippen molar-refractivity contribution in [3.8, 4) is 5.75 Å². The van der Waals surface area contributed by atoms with Crippen molar-refractivity contribution in [2.75, 3.05) is 6.61 Å². The Bertz CT molecular complexity index is 844. The fourth-order valence-electron chi connectivity index (χ4n) is 2.69. The molecular formula is C16H16BrClN4O2. The van der Waals surface area contributed by atoms with Crippen molar-refractivity contribution in [1.29, 1.82) is 0 Å². The molecule has 1 unspecified atom stereocenters. The van der Waals surface area contributed by atoms with Crippen molar-refractivity contribution in [3.05, 3.63) is 28.1 Å². The fourth-order valence-corrected chi connectivity index (χ4v) is 3.43. The number of aromatic nitrogens is 3. The van der Waals surface area contributed by atoms with E-state index in [1.54, 1.807) is 6.21 Å². The van der Waals surface area contributed by atoms with Gasteiger partial charge in [-0.25, -0.2) is 9.67 Å². The Hall–Kier alpha value is -1.44. The van der Waals surface area contributed by atoms with Gasteiger partial charge in [0.2, 0.25) is 5.88 Å². The van der Waals surface area contributed by atoms with E-state index in [-0.39, 0.29) is 12.0 Å². The molecular weight excluding hydrogens is 396 g/mol. The molecule has 2 aliphatic rings. The number of ether oxygens (including phenoxy) is 1. The second-order valence-electron chi connectivity index (χ2n) is 6.13. The van der Waals surface area contributed by atoms with Crippen LogP contribution in [-0.2, 0) is 6.54 Å². The minimum atomic E-state index is -0.215. The molecule has 8 heteroatoms. The summed E-state index contributed by atoms with van der Waals surface area (Å²) in [6, 6.07) is 3.82. The summed E-state index contributed by atoms with van der Waals surface area (Å²) in [5.41, 5.74) is 2.42. The van der Waals surface area contributed by atoms with Gasteiger partial charge in [-0.05, 0) is 53.2 Å². The third kappa shape index (κ3) is 3.08. The molecule has 126 valence electrons. The minimum Gasteiger partial charge on any atom is -0.438 e. The Morgan fingerprint density at radius 3 is 2.96 bits per heavy atom. The normalized spacial score (nSPS) is 20.9. The summed E-state index contributed by atoms with van der Waals surface area (Å²) in [6.07, 6.45) is 4.67. The van der Waals surface area contributed by atoms with Gasteiger partial charge in [0.15, 0.2) is 0 Å². The lowest BCUT2D eigenvalue weighted by molar-refractivity contribution is 0.310. The molecule has 1 aromatic carbocycles. The average molecular weight is 412 g/mol. The predicted molar refractivity (Wildman–Crippen MR) is 95.4 cm³/mol. The number of fused-ring (bicyclic) bond motifs is 1. The van der Waals surface area contributed by atoms with Crippen molar-refractivity contribution < 1.29 is 9.84 Å². The Morgan fingerprint density at radius 1 is 1.38 bits per heavy atom. The molecule has 1 aromatic heterocycles. The van der Waals surface area contributed by atoms with Crippen LogP contribution in [0.25, 0.3) is 11.0 Å². The van der Waals surface area contributed by atoms with Crippen molar-refractivity contribution in [1.82, 2.24) is 15.0 Å². The van der Waals surface area contributed by atoms with Crippen LogP contribution in [-0.4, -0.2) is 38.3 Å². The van der Waals surface area contributed by atoms with E-state index in [1.807, 2.05) is 16.8 Å². The summed E-state index contributed by atoms with van der Waals surface area (Å²) in [7, 11) is 0. The highest BCUT2D eigenvalue weighted by Crippen LogP contribution is 2.36. The molecule has 2 heterocycles. The van der Waals surface area contributed by atoms with E-state index >= 15 is 0 Å². The highest BCUT2D eigenvalue weighted by atomic mass is 79.9. The number of rotatable bonds is 5. The molecule has 0 amide bonds. The fraction of sp³-hybridized carbons (Fsp3) is 0.438. The van der Waals surface area contributed by atoms with Gasteiger partial charge in [0, 0.05) is 18.3 Å². The number of hydrogen-bond acceptors (Lipinski definition) is 5. The maximum Gasteiger partial charge on any atom is 0.220 e.